The Morgan fingerprint density at radius 1 is 1.18 bits per heavy atom. The van der Waals surface area contributed by atoms with Gasteiger partial charge in [-0.05, 0) is 39.3 Å². The smallest absolute Gasteiger partial charge is 0.238 e. The number of benzene rings is 1. The van der Waals surface area contributed by atoms with Crippen LogP contribution in [0.25, 0.3) is 0 Å². The van der Waals surface area contributed by atoms with Gasteiger partial charge in [0.1, 0.15) is 0 Å². The molecule has 8 heteroatoms. The van der Waals surface area contributed by atoms with Gasteiger partial charge in [-0.25, -0.2) is 0 Å². The molecule has 1 fully saturated rings. The van der Waals surface area contributed by atoms with Gasteiger partial charge >= 0.3 is 0 Å². The molecule has 1 saturated heterocycles. The number of carbonyl (C=O) groups excluding carboxylic acids is 2. The van der Waals surface area contributed by atoms with Crippen molar-refractivity contribution in [2.45, 2.75) is 24.3 Å². The number of amides is 2. The fraction of sp³-hybridized carbons (Fsp3) is 0.600. The van der Waals surface area contributed by atoms with E-state index in [0.717, 1.165) is 36.9 Å². The second kappa shape index (κ2) is 10.8. The van der Waals surface area contributed by atoms with E-state index < -0.39 is 0 Å². The molecule has 1 aromatic carbocycles. The van der Waals surface area contributed by atoms with Crippen molar-refractivity contribution in [2.75, 3.05) is 64.6 Å². The predicted molar refractivity (Wildman–Crippen MR) is 114 cm³/mol. The van der Waals surface area contributed by atoms with E-state index in [9.17, 15) is 9.59 Å². The maximum absolute atomic E-state index is 12.3. The summed E-state index contributed by atoms with van der Waals surface area (Å²) in [4.78, 5) is 29.6. The van der Waals surface area contributed by atoms with Gasteiger partial charge in [-0.3, -0.25) is 19.4 Å². The maximum Gasteiger partial charge on any atom is 0.238 e. The number of carbonyl (C=O) groups is 2. The molecule has 28 heavy (non-hydrogen) atoms. The van der Waals surface area contributed by atoms with Crippen LogP contribution in [0.4, 0.5) is 5.69 Å². The third kappa shape index (κ3) is 7.09. The number of hydrogen-bond donors (Lipinski definition) is 2. The molecule has 0 aliphatic carbocycles. The Balaban J connectivity index is 1.74. The molecule has 156 valence electrons. The molecule has 7 nitrogen and oxygen atoms in total. The van der Waals surface area contributed by atoms with Gasteiger partial charge in [0.25, 0.3) is 0 Å². The van der Waals surface area contributed by atoms with Crippen LogP contribution in [0.2, 0.25) is 0 Å². The summed E-state index contributed by atoms with van der Waals surface area (Å²) in [6.07, 6.45) is 1.97. The van der Waals surface area contributed by atoms with Crippen LogP contribution < -0.4 is 10.6 Å². The number of likely N-dealkylation sites (N-methyl/N-ethyl adjacent to an activating group) is 1. The maximum atomic E-state index is 12.3. The first-order valence-corrected chi connectivity index (χ1v) is 10.8. The van der Waals surface area contributed by atoms with Crippen LogP contribution in [0.5, 0.6) is 0 Å². The van der Waals surface area contributed by atoms with Crippen molar-refractivity contribution in [2.24, 2.45) is 0 Å². The van der Waals surface area contributed by atoms with Gasteiger partial charge in [0, 0.05) is 30.1 Å². The minimum absolute atomic E-state index is 0.0823. The van der Waals surface area contributed by atoms with Crippen LogP contribution in [0, 0.1) is 0 Å². The van der Waals surface area contributed by atoms with Gasteiger partial charge in [-0.15, -0.1) is 11.8 Å². The number of nitrogens with zero attached hydrogens (tertiary/aromatic N) is 2. The largest absolute Gasteiger partial charge is 0.379 e. The van der Waals surface area contributed by atoms with E-state index in [1.807, 2.05) is 30.5 Å². The molecule has 1 aromatic rings. The van der Waals surface area contributed by atoms with Crippen molar-refractivity contribution in [1.29, 1.82) is 0 Å². The summed E-state index contributed by atoms with van der Waals surface area (Å²) in [5, 5.41) is 5.91. The van der Waals surface area contributed by atoms with Gasteiger partial charge in [0.2, 0.25) is 11.8 Å². The Hall–Kier alpha value is -1.61. The van der Waals surface area contributed by atoms with E-state index in [-0.39, 0.29) is 30.4 Å². The van der Waals surface area contributed by atoms with Crippen LogP contribution in [0.1, 0.15) is 13.8 Å². The van der Waals surface area contributed by atoms with Crippen LogP contribution in [-0.4, -0.2) is 86.4 Å². The Morgan fingerprint density at radius 2 is 1.82 bits per heavy atom. The SMILES string of the molecule is CSc1ccccc1NC(=O)CN(C)CC(=O)NCC(C)(C)N1CCOCC1. The number of nitrogens with one attached hydrogen (secondary N) is 2. The van der Waals surface area contributed by atoms with Crippen LogP contribution in [0.15, 0.2) is 29.2 Å². The molecular weight excluding hydrogens is 376 g/mol. The number of thioether (sulfide) groups is 1. The summed E-state index contributed by atoms with van der Waals surface area (Å²) in [7, 11) is 1.77. The van der Waals surface area contributed by atoms with E-state index in [2.05, 4.69) is 29.4 Å². The Labute approximate surface area is 172 Å². The molecule has 0 bridgehead atoms. The topological polar surface area (TPSA) is 73.9 Å². The van der Waals surface area contributed by atoms with E-state index in [4.69, 9.17) is 4.74 Å². The molecule has 2 N–H and O–H groups in total. The lowest BCUT2D eigenvalue weighted by molar-refractivity contribution is -0.123. The quantitative estimate of drug-likeness (QED) is 0.604. The summed E-state index contributed by atoms with van der Waals surface area (Å²) in [6.45, 7) is 8.36. The van der Waals surface area contributed by atoms with Crippen molar-refractivity contribution < 1.29 is 14.3 Å². The lowest BCUT2D eigenvalue weighted by Crippen LogP contribution is -2.56. The van der Waals surface area contributed by atoms with Crippen molar-refractivity contribution in [3.05, 3.63) is 24.3 Å². The number of ether oxygens (including phenoxy) is 1. The number of rotatable bonds is 9. The van der Waals surface area contributed by atoms with Gasteiger partial charge < -0.3 is 15.4 Å². The number of morpholine rings is 1. The summed E-state index contributed by atoms with van der Waals surface area (Å²) in [5.74, 6) is -0.216. The normalized spacial score (nSPS) is 15.5. The van der Waals surface area contributed by atoms with Crippen LogP contribution >= 0.6 is 11.8 Å². The zero-order valence-corrected chi connectivity index (χ0v) is 18.1. The molecule has 1 heterocycles. The first-order valence-electron chi connectivity index (χ1n) is 9.53. The number of hydrogen-bond acceptors (Lipinski definition) is 6. The molecule has 2 rings (SSSR count). The Bertz CT molecular complexity index is 663. The highest BCUT2D eigenvalue weighted by atomic mass is 32.2. The van der Waals surface area contributed by atoms with Gasteiger partial charge in [0.05, 0.1) is 32.0 Å². The molecule has 1 aliphatic heterocycles. The zero-order chi connectivity index (χ0) is 20.6. The highest BCUT2D eigenvalue weighted by Crippen LogP contribution is 2.24. The fourth-order valence-corrected chi connectivity index (χ4v) is 3.69. The molecule has 0 radical (unpaired) electrons. The molecule has 0 atom stereocenters. The first-order chi connectivity index (χ1) is 13.3. The lowest BCUT2D eigenvalue weighted by Gasteiger charge is -2.40. The molecule has 0 saturated carbocycles. The predicted octanol–water partition coefficient (Wildman–Crippen LogP) is 1.51. The molecular formula is C20H32N4O3S. The fourth-order valence-electron chi connectivity index (χ4n) is 3.14. The molecule has 2 amide bonds. The highest BCUT2D eigenvalue weighted by molar-refractivity contribution is 7.98. The minimum atomic E-state index is -0.134. The van der Waals surface area contributed by atoms with Gasteiger partial charge in [-0.2, -0.15) is 0 Å². The third-order valence-electron chi connectivity index (χ3n) is 4.79. The number of para-hydroxylation sites is 1. The van der Waals surface area contributed by atoms with E-state index in [1.54, 1.807) is 23.7 Å². The lowest BCUT2D eigenvalue weighted by atomic mass is 10.0. The molecule has 0 aromatic heterocycles. The van der Waals surface area contributed by atoms with Gasteiger partial charge in [0.15, 0.2) is 0 Å². The Morgan fingerprint density at radius 3 is 2.50 bits per heavy atom. The van der Waals surface area contributed by atoms with Crippen molar-refractivity contribution >= 4 is 29.3 Å². The van der Waals surface area contributed by atoms with Crippen molar-refractivity contribution in [3.63, 3.8) is 0 Å². The molecule has 0 spiro atoms. The minimum Gasteiger partial charge on any atom is -0.379 e. The summed E-state index contributed by atoms with van der Waals surface area (Å²) < 4.78 is 5.39. The summed E-state index contributed by atoms with van der Waals surface area (Å²) in [6, 6.07) is 7.68. The molecule has 1 aliphatic rings. The zero-order valence-electron chi connectivity index (χ0n) is 17.3. The standard InChI is InChI=1S/C20H32N4O3S/c1-20(2,24-9-11-27-12-10-24)15-21-18(25)13-23(3)14-19(26)22-16-7-5-6-8-17(16)28-4/h5-8H,9-15H2,1-4H3,(H,21,25)(H,22,26). The first kappa shape index (κ1) is 22.7. The second-order valence-corrected chi connectivity index (χ2v) is 8.46. The second-order valence-electron chi connectivity index (χ2n) is 7.61. The average Bonchev–Trinajstić information content (AvgIpc) is 2.67. The van der Waals surface area contributed by atoms with E-state index >= 15 is 0 Å². The average molecular weight is 409 g/mol. The van der Waals surface area contributed by atoms with E-state index in [0.29, 0.717) is 6.54 Å². The van der Waals surface area contributed by atoms with Crippen LogP contribution in [0.3, 0.4) is 0 Å². The Kier molecular flexibility index (Phi) is 8.75. The van der Waals surface area contributed by atoms with Crippen LogP contribution in [-0.2, 0) is 14.3 Å². The molecule has 0 unspecified atom stereocenters. The number of anilines is 1. The highest BCUT2D eigenvalue weighted by Gasteiger charge is 2.28. The monoisotopic (exact) mass is 408 g/mol. The van der Waals surface area contributed by atoms with Gasteiger partial charge in [-0.1, -0.05) is 12.1 Å². The third-order valence-corrected chi connectivity index (χ3v) is 5.59. The summed E-state index contributed by atoms with van der Waals surface area (Å²) in [5.41, 5.74) is 0.668. The van der Waals surface area contributed by atoms with Crippen molar-refractivity contribution in [1.82, 2.24) is 15.1 Å². The van der Waals surface area contributed by atoms with E-state index in [1.165, 1.54) is 0 Å². The van der Waals surface area contributed by atoms with Crippen molar-refractivity contribution in [3.8, 4) is 0 Å². The summed E-state index contributed by atoms with van der Waals surface area (Å²) >= 11 is 1.58.